The minimum atomic E-state index is -0.402. The number of hydrogen-bond acceptors (Lipinski definition) is 5. The Balaban J connectivity index is 1.55. The van der Waals surface area contributed by atoms with Crippen molar-refractivity contribution in [3.05, 3.63) is 65.6 Å². The minimum absolute atomic E-state index is 0.0868. The molecule has 0 atom stereocenters. The predicted octanol–water partition coefficient (Wildman–Crippen LogP) is 3.17. The molecule has 0 bridgehead atoms. The van der Waals surface area contributed by atoms with Gasteiger partial charge in [0.05, 0.1) is 39.7 Å². The maximum Gasteiger partial charge on any atom is 0.338 e. The van der Waals surface area contributed by atoms with Gasteiger partial charge in [-0.2, -0.15) is 5.10 Å². The number of aryl methyl sites for hydroxylation is 1. The Morgan fingerprint density at radius 2 is 1.92 bits per heavy atom. The molecule has 4 aromatic rings. The third-order valence-corrected chi connectivity index (χ3v) is 3.86. The van der Waals surface area contributed by atoms with Crippen LogP contribution in [-0.2, 0) is 11.3 Å². The molecular formula is C18H14N4O2. The molecule has 0 aliphatic rings. The monoisotopic (exact) mass is 318 g/mol. The molecule has 0 aliphatic carbocycles. The summed E-state index contributed by atoms with van der Waals surface area (Å²) >= 11 is 0. The van der Waals surface area contributed by atoms with E-state index in [2.05, 4.69) is 20.2 Å². The van der Waals surface area contributed by atoms with E-state index in [0.29, 0.717) is 11.3 Å². The highest BCUT2D eigenvalue weighted by molar-refractivity contribution is 5.94. The van der Waals surface area contributed by atoms with E-state index in [4.69, 9.17) is 4.74 Å². The highest BCUT2D eigenvalue weighted by atomic mass is 16.5. The second kappa shape index (κ2) is 5.73. The third-order valence-electron chi connectivity index (χ3n) is 3.86. The molecule has 4 rings (SSSR count). The Hall–Kier alpha value is -3.28. The van der Waals surface area contributed by atoms with Crippen molar-refractivity contribution >= 4 is 27.9 Å². The Morgan fingerprint density at radius 1 is 1.12 bits per heavy atom. The van der Waals surface area contributed by atoms with E-state index in [1.54, 1.807) is 18.3 Å². The zero-order valence-corrected chi connectivity index (χ0v) is 13.0. The Kier molecular flexibility index (Phi) is 3.42. The molecule has 1 N–H and O–H groups in total. The van der Waals surface area contributed by atoms with E-state index in [1.165, 1.54) is 0 Å². The van der Waals surface area contributed by atoms with Gasteiger partial charge in [-0.1, -0.05) is 18.2 Å². The van der Waals surface area contributed by atoms with Crippen LogP contribution in [0.5, 0.6) is 0 Å². The van der Waals surface area contributed by atoms with Crippen LogP contribution in [0.3, 0.4) is 0 Å². The standard InChI is InChI=1S/C18H14N4O2/c1-11-17(21-15-5-3-2-4-14(15)20-11)10-24-18(23)12-6-7-13-9-19-22-16(13)8-12/h2-9H,10H2,1H3,(H,19,22). The molecule has 24 heavy (non-hydrogen) atoms. The second-order valence-corrected chi connectivity index (χ2v) is 5.49. The van der Waals surface area contributed by atoms with Crippen LogP contribution >= 0.6 is 0 Å². The van der Waals surface area contributed by atoms with E-state index in [-0.39, 0.29) is 6.61 Å². The Labute approximate surface area is 137 Å². The van der Waals surface area contributed by atoms with Crippen molar-refractivity contribution in [3.63, 3.8) is 0 Å². The molecular weight excluding hydrogens is 304 g/mol. The number of fused-ring (bicyclic) bond motifs is 2. The number of ether oxygens (including phenoxy) is 1. The number of carbonyl (C=O) groups excluding carboxylic acids is 1. The lowest BCUT2D eigenvalue weighted by Gasteiger charge is -2.08. The predicted molar refractivity (Wildman–Crippen MR) is 89.5 cm³/mol. The van der Waals surface area contributed by atoms with E-state index >= 15 is 0 Å². The van der Waals surface area contributed by atoms with Crippen molar-refractivity contribution in [1.82, 2.24) is 20.2 Å². The van der Waals surface area contributed by atoms with Gasteiger partial charge in [-0.3, -0.25) is 5.10 Å². The number of nitrogens with zero attached hydrogens (tertiary/aromatic N) is 3. The number of esters is 1. The number of carbonyl (C=O) groups is 1. The van der Waals surface area contributed by atoms with Gasteiger partial charge in [-0.05, 0) is 31.2 Å². The maximum atomic E-state index is 12.3. The summed E-state index contributed by atoms with van der Waals surface area (Å²) in [5, 5.41) is 7.73. The molecule has 0 amide bonds. The number of H-pyrrole nitrogens is 1. The van der Waals surface area contributed by atoms with Crippen molar-refractivity contribution in [2.24, 2.45) is 0 Å². The topological polar surface area (TPSA) is 80.8 Å². The van der Waals surface area contributed by atoms with Crippen LogP contribution in [-0.4, -0.2) is 26.1 Å². The number of aromatic amines is 1. The molecule has 0 aliphatic heterocycles. The number of benzene rings is 2. The van der Waals surface area contributed by atoms with Gasteiger partial charge in [0.15, 0.2) is 0 Å². The van der Waals surface area contributed by atoms with E-state index in [9.17, 15) is 4.79 Å². The highest BCUT2D eigenvalue weighted by Gasteiger charge is 2.11. The summed E-state index contributed by atoms with van der Waals surface area (Å²) in [6.07, 6.45) is 1.71. The largest absolute Gasteiger partial charge is 0.456 e. The van der Waals surface area contributed by atoms with Gasteiger partial charge in [0.1, 0.15) is 6.61 Å². The second-order valence-electron chi connectivity index (χ2n) is 5.49. The molecule has 6 heteroatoms. The summed E-state index contributed by atoms with van der Waals surface area (Å²) in [6.45, 7) is 1.95. The molecule has 0 saturated carbocycles. The first-order valence-electron chi connectivity index (χ1n) is 7.53. The van der Waals surface area contributed by atoms with Crippen molar-refractivity contribution in [2.75, 3.05) is 0 Å². The first-order chi connectivity index (χ1) is 11.7. The Bertz CT molecular complexity index is 1060. The van der Waals surface area contributed by atoms with Gasteiger partial charge < -0.3 is 4.74 Å². The first-order valence-corrected chi connectivity index (χ1v) is 7.53. The van der Waals surface area contributed by atoms with Crippen LogP contribution in [0.15, 0.2) is 48.7 Å². The van der Waals surface area contributed by atoms with Crippen molar-refractivity contribution < 1.29 is 9.53 Å². The lowest BCUT2D eigenvalue weighted by molar-refractivity contribution is 0.0467. The zero-order valence-electron chi connectivity index (χ0n) is 13.0. The van der Waals surface area contributed by atoms with Gasteiger partial charge in [-0.15, -0.1) is 0 Å². The highest BCUT2D eigenvalue weighted by Crippen LogP contribution is 2.16. The summed E-state index contributed by atoms with van der Waals surface area (Å²) < 4.78 is 5.39. The maximum absolute atomic E-state index is 12.3. The molecule has 2 aromatic heterocycles. The van der Waals surface area contributed by atoms with Crippen LogP contribution in [0.4, 0.5) is 0 Å². The molecule has 0 fully saturated rings. The molecule has 0 radical (unpaired) electrons. The van der Waals surface area contributed by atoms with E-state index in [1.807, 2.05) is 37.3 Å². The number of para-hydroxylation sites is 2. The third kappa shape index (κ3) is 2.58. The SMILES string of the molecule is Cc1nc2ccccc2nc1COC(=O)c1ccc2cn[nH]c2c1. The van der Waals surface area contributed by atoms with Gasteiger partial charge in [0.2, 0.25) is 0 Å². The smallest absolute Gasteiger partial charge is 0.338 e. The van der Waals surface area contributed by atoms with Gasteiger partial charge in [0, 0.05) is 5.39 Å². The molecule has 2 heterocycles. The average Bonchev–Trinajstić information content (AvgIpc) is 3.07. The first kappa shape index (κ1) is 14.3. The quantitative estimate of drug-likeness (QED) is 0.587. The lowest BCUT2D eigenvalue weighted by atomic mass is 10.2. The number of rotatable bonds is 3. The number of nitrogens with one attached hydrogen (secondary N) is 1. The van der Waals surface area contributed by atoms with Crippen LogP contribution < -0.4 is 0 Å². The van der Waals surface area contributed by atoms with E-state index in [0.717, 1.165) is 27.6 Å². The summed E-state index contributed by atoms with van der Waals surface area (Å²) in [5.41, 5.74) is 4.29. The van der Waals surface area contributed by atoms with Gasteiger partial charge >= 0.3 is 5.97 Å². The molecule has 118 valence electrons. The van der Waals surface area contributed by atoms with Crippen LogP contribution in [0, 0.1) is 6.92 Å². The molecule has 0 saturated heterocycles. The minimum Gasteiger partial charge on any atom is -0.456 e. The normalized spacial score (nSPS) is 11.0. The van der Waals surface area contributed by atoms with Gasteiger partial charge in [-0.25, -0.2) is 14.8 Å². The molecule has 0 unspecified atom stereocenters. The molecule has 6 nitrogen and oxygen atoms in total. The summed E-state index contributed by atoms with van der Waals surface area (Å²) in [7, 11) is 0. The fourth-order valence-electron chi connectivity index (χ4n) is 2.54. The zero-order chi connectivity index (χ0) is 16.5. The lowest BCUT2D eigenvalue weighted by Crippen LogP contribution is -2.08. The van der Waals surface area contributed by atoms with Crippen LogP contribution in [0.2, 0.25) is 0 Å². The fraction of sp³-hybridized carbons (Fsp3) is 0.111. The van der Waals surface area contributed by atoms with Crippen LogP contribution in [0.1, 0.15) is 21.7 Å². The molecule has 2 aromatic carbocycles. The summed E-state index contributed by atoms with van der Waals surface area (Å²) in [6, 6.07) is 12.9. The van der Waals surface area contributed by atoms with Crippen LogP contribution in [0.25, 0.3) is 21.9 Å². The fourth-order valence-corrected chi connectivity index (χ4v) is 2.54. The van der Waals surface area contributed by atoms with E-state index < -0.39 is 5.97 Å². The van der Waals surface area contributed by atoms with Crippen molar-refractivity contribution in [1.29, 1.82) is 0 Å². The van der Waals surface area contributed by atoms with Gasteiger partial charge in [0.25, 0.3) is 0 Å². The Morgan fingerprint density at radius 3 is 2.75 bits per heavy atom. The average molecular weight is 318 g/mol. The number of aromatic nitrogens is 4. The summed E-state index contributed by atoms with van der Waals surface area (Å²) in [5.74, 6) is -0.402. The number of hydrogen-bond donors (Lipinski definition) is 1. The summed E-state index contributed by atoms with van der Waals surface area (Å²) in [4.78, 5) is 21.3. The van der Waals surface area contributed by atoms with Crippen molar-refractivity contribution in [3.8, 4) is 0 Å². The van der Waals surface area contributed by atoms with Crippen molar-refractivity contribution in [2.45, 2.75) is 13.5 Å². The molecule has 0 spiro atoms.